The molecule has 0 saturated carbocycles. The molecule has 0 saturated heterocycles. The van der Waals surface area contributed by atoms with E-state index in [4.69, 9.17) is 5.73 Å². The first-order valence-corrected chi connectivity index (χ1v) is 8.50. The summed E-state index contributed by atoms with van der Waals surface area (Å²) in [6.07, 6.45) is 2.86. The van der Waals surface area contributed by atoms with Crippen molar-refractivity contribution in [1.29, 1.82) is 0 Å². The van der Waals surface area contributed by atoms with Crippen LogP contribution in [-0.2, 0) is 6.42 Å². The van der Waals surface area contributed by atoms with Gasteiger partial charge in [-0.2, -0.15) is 0 Å². The van der Waals surface area contributed by atoms with Crippen LogP contribution in [0.1, 0.15) is 21.5 Å². The third-order valence-electron chi connectivity index (χ3n) is 4.49. The normalized spacial score (nSPS) is 10.8. The number of para-hydroxylation sites is 3. The monoisotopic (exact) mass is 341 g/mol. The summed E-state index contributed by atoms with van der Waals surface area (Å²) < 4.78 is 0. The summed E-state index contributed by atoms with van der Waals surface area (Å²) in [6, 6.07) is 23.2. The molecular weight excluding hydrogens is 322 g/mol. The van der Waals surface area contributed by atoms with Crippen LogP contribution in [0.15, 0.2) is 79.0 Å². The second-order valence-electron chi connectivity index (χ2n) is 6.27. The Morgan fingerprint density at radius 2 is 1.65 bits per heavy atom. The van der Waals surface area contributed by atoms with E-state index >= 15 is 0 Å². The number of benzene rings is 3. The van der Waals surface area contributed by atoms with Crippen molar-refractivity contribution in [2.24, 2.45) is 0 Å². The fraction of sp³-hybridized carbons (Fsp3) is 0.0455. The smallest absolute Gasteiger partial charge is 0.255 e. The molecule has 0 atom stereocenters. The maximum absolute atomic E-state index is 12.4. The quantitative estimate of drug-likeness (QED) is 0.475. The molecule has 1 amide bonds. The van der Waals surface area contributed by atoms with E-state index in [2.05, 4.69) is 22.4 Å². The Morgan fingerprint density at radius 3 is 2.46 bits per heavy atom. The molecule has 3 aromatic carbocycles. The number of nitrogens with two attached hydrogens (primary N) is 1. The summed E-state index contributed by atoms with van der Waals surface area (Å²) in [7, 11) is 0. The molecule has 0 unspecified atom stereocenters. The summed E-state index contributed by atoms with van der Waals surface area (Å²) in [5.74, 6) is -0.165. The number of aromatic nitrogens is 1. The number of amides is 1. The number of nitrogens with one attached hydrogen (secondary N) is 2. The summed E-state index contributed by atoms with van der Waals surface area (Å²) in [6.45, 7) is 0. The molecule has 128 valence electrons. The van der Waals surface area contributed by atoms with Crippen LogP contribution in [0, 0.1) is 0 Å². The molecule has 0 radical (unpaired) electrons. The van der Waals surface area contributed by atoms with Crippen LogP contribution < -0.4 is 11.1 Å². The van der Waals surface area contributed by atoms with Crippen molar-refractivity contribution in [3.63, 3.8) is 0 Å². The minimum atomic E-state index is -0.165. The maximum Gasteiger partial charge on any atom is 0.255 e. The lowest BCUT2D eigenvalue weighted by atomic mass is 10.0. The first-order chi connectivity index (χ1) is 12.7. The topological polar surface area (TPSA) is 70.9 Å². The highest BCUT2D eigenvalue weighted by atomic mass is 16.1. The number of H-pyrrole nitrogens is 1. The van der Waals surface area contributed by atoms with Gasteiger partial charge in [0.25, 0.3) is 5.91 Å². The Morgan fingerprint density at radius 1 is 0.923 bits per heavy atom. The van der Waals surface area contributed by atoms with Gasteiger partial charge in [0.05, 0.1) is 11.4 Å². The maximum atomic E-state index is 12.4. The number of fused-ring (bicyclic) bond motifs is 1. The predicted octanol–water partition coefficient (Wildman–Crippen LogP) is 4.59. The molecule has 0 spiro atoms. The van der Waals surface area contributed by atoms with Gasteiger partial charge in [-0.1, -0.05) is 42.5 Å². The molecule has 4 rings (SSSR count). The minimum Gasteiger partial charge on any atom is -0.397 e. The molecule has 0 aliphatic carbocycles. The Kier molecular flexibility index (Phi) is 4.15. The van der Waals surface area contributed by atoms with E-state index in [1.54, 1.807) is 12.1 Å². The van der Waals surface area contributed by atoms with Crippen molar-refractivity contribution >= 4 is 28.2 Å². The summed E-state index contributed by atoms with van der Waals surface area (Å²) in [4.78, 5) is 15.7. The SMILES string of the molecule is Nc1ccccc1NC(=O)c1ccc(Cc2c[nH]c3ccccc23)cc1. The second-order valence-corrected chi connectivity index (χ2v) is 6.27. The lowest BCUT2D eigenvalue weighted by Gasteiger charge is -2.08. The van der Waals surface area contributed by atoms with Gasteiger partial charge in [-0.15, -0.1) is 0 Å². The Balaban J connectivity index is 1.50. The molecule has 4 nitrogen and oxygen atoms in total. The van der Waals surface area contributed by atoms with Gasteiger partial charge in [-0.05, 0) is 47.9 Å². The first kappa shape index (κ1) is 16.0. The van der Waals surface area contributed by atoms with E-state index in [1.165, 1.54) is 10.9 Å². The van der Waals surface area contributed by atoms with Crippen molar-refractivity contribution in [2.75, 3.05) is 11.1 Å². The molecule has 1 heterocycles. The molecular formula is C22H19N3O. The summed E-state index contributed by atoms with van der Waals surface area (Å²) >= 11 is 0. The zero-order valence-corrected chi connectivity index (χ0v) is 14.2. The molecule has 0 bridgehead atoms. The molecule has 4 N–H and O–H groups in total. The number of hydrogen-bond acceptors (Lipinski definition) is 2. The average Bonchev–Trinajstić information content (AvgIpc) is 3.07. The standard InChI is InChI=1S/C22H19N3O/c23-19-6-2-4-8-21(19)25-22(26)16-11-9-15(10-12-16)13-17-14-24-20-7-3-1-5-18(17)20/h1-12,14,24H,13,23H2,(H,25,26). The van der Waals surface area contributed by atoms with E-state index < -0.39 is 0 Å². The summed E-state index contributed by atoms with van der Waals surface area (Å²) in [5, 5.41) is 4.08. The van der Waals surface area contributed by atoms with Gasteiger partial charge in [-0.25, -0.2) is 0 Å². The molecule has 26 heavy (non-hydrogen) atoms. The largest absolute Gasteiger partial charge is 0.397 e. The van der Waals surface area contributed by atoms with Gasteiger partial charge in [0, 0.05) is 22.7 Å². The fourth-order valence-corrected chi connectivity index (χ4v) is 3.08. The van der Waals surface area contributed by atoms with Crippen molar-refractivity contribution in [1.82, 2.24) is 4.98 Å². The minimum absolute atomic E-state index is 0.165. The molecule has 4 aromatic rings. The van der Waals surface area contributed by atoms with Gasteiger partial charge < -0.3 is 16.0 Å². The Bertz CT molecular complexity index is 1060. The number of carbonyl (C=O) groups excluding carboxylic acids is 1. The lowest BCUT2D eigenvalue weighted by Crippen LogP contribution is -2.13. The van der Waals surface area contributed by atoms with Crippen LogP contribution in [-0.4, -0.2) is 10.9 Å². The zero-order chi connectivity index (χ0) is 17.9. The van der Waals surface area contributed by atoms with Crippen LogP contribution >= 0.6 is 0 Å². The van der Waals surface area contributed by atoms with Crippen LogP contribution in [0.5, 0.6) is 0 Å². The lowest BCUT2D eigenvalue weighted by molar-refractivity contribution is 0.102. The van der Waals surface area contributed by atoms with Gasteiger partial charge in [0.15, 0.2) is 0 Å². The number of anilines is 2. The van der Waals surface area contributed by atoms with Crippen LogP contribution in [0.3, 0.4) is 0 Å². The van der Waals surface area contributed by atoms with Crippen LogP contribution in [0.2, 0.25) is 0 Å². The number of rotatable bonds is 4. The van der Waals surface area contributed by atoms with E-state index in [0.29, 0.717) is 16.9 Å². The Hall–Kier alpha value is -3.53. The molecule has 4 heteroatoms. The second kappa shape index (κ2) is 6.76. The first-order valence-electron chi connectivity index (χ1n) is 8.50. The average molecular weight is 341 g/mol. The van der Waals surface area contributed by atoms with Crippen LogP contribution in [0.25, 0.3) is 10.9 Å². The van der Waals surface area contributed by atoms with Crippen molar-refractivity contribution in [2.45, 2.75) is 6.42 Å². The van der Waals surface area contributed by atoms with Gasteiger partial charge in [0.2, 0.25) is 0 Å². The van der Waals surface area contributed by atoms with E-state index in [0.717, 1.165) is 17.5 Å². The number of nitrogen functional groups attached to an aromatic ring is 1. The van der Waals surface area contributed by atoms with E-state index in [1.807, 2.05) is 54.7 Å². The number of aromatic amines is 1. The van der Waals surface area contributed by atoms with Crippen LogP contribution in [0.4, 0.5) is 11.4 Å². The van der Waals surface area contributed by atoms with E-state index in [-0.39, 0.29) is 5.91 Å². The van der Waals surface area contributed by atoms with Gasteiger partial charge in [0.1, 0.15) is 0 Å². The Labute approximate surface area is 151 Å². The fourth-order valence-electron chi connectivity index (χ4n) is 3.08. The number of carbonyl (C=O) groups is 1. The van der Waals surface area contributed by atoms with E-state index in [9.17, 15) is 4.79 Å². The molecule has 1 aromatic heterocycles. The number of hydrogen-bond donors (Lipinski definition) is 3. The highest BCUT2D eigenvalue weighted by Crippen LogP contribution is 2.22. The van der Waals surface area contributed by atoms with Crippen molar-refractivity contribution < 1.29 is 4.79 Å². The van der Waals surface area contributed by atoms with Crippen molar-refractivity contribution in [3.05, 3.63) is 95.7 Å². The molecule has 0 aliphatic rings. The third kappa shape index (κ3) is 3.17. The predicted molar refractivity (Wildman–Crippen MR) is 106 cm³/mol. The highest BCUT2D eigenvalue weighted by molar-refractivity contribution is 6.05. The zero-order valence-electron chi connectivity index (χ0n) is 14.2. The molecule has 0 fully saturated rings. The third-order valence-corrected chi connectivity index (χ3v) is 4.49. The summed E-state index contributed by atoms with van der Waals surface area (Å²) in [5.41, 5.74) is 11.2. The van der Waals surface area contributed by atoms with Gasteiger partial charge >= 0.3 is 0 Å². The molecule has 0 aliphatic heterocycles. The highest BCUT2D eigenvalue weighted by Gasteiger charge is 2.09. The van der Waals surface area contributed by atoms with Crippen molar-refractivity contribution in [3.8, 4) is 0 Å². The van der Waals surface area contributed by atoms with Gasteiger partial charge in [-0.3, -0.25) is 4.79 Å².